The third-order valence-electron chi connectivity index (χ3n) is 4.39. The fourth-order valence-electron chi connectivity index (χ4n) is 2.93. The van der Waals surface area contributed by atoms with Crippen molar-refractivity contribution in [1.82, 2.24) is 5.32 Å². The maximum Gasteiger partial charge on any atom is 0.319 e. The number of nitriles is 1. The number of carbonyl (C=O) groups excluding carboxylic acids is 2. The van der Waals surface area contributed by atoms with Crippen molar-refractivity contribution in [2.45, 2.75) is 46.2 Å². The highest BCUT2D eigenvalue weighted by Crippen LogP contribution is 2.26. The molecular weight excluding hydrogens is 380 g/mol. The molecule has 2 amide bonds. The molecule has 2 rings (SSSR count). The second-order valence-corrected chi connectivity index (χ2v) is 7.21. The summed E-state index contributed by atoms with van der Waals surface area (Å²) in [6.45, 7) is 7.34. The van der Waals surface area contributed by atoms with Gasteiger partial charge in [0.05, 0.1) is 17.7 Å². The summed E-state index contributed by atoms with van der Waals surface area (Å²) in [7, 11) is 0. The van der Waals surface area contributed by atoms with E-state index in [1.165, 1.54) is 6.92 Å². The maximum absolute atomic E-state index is 12.1. The molecule has 0 spiro atoms. The minimum absolute atomic E-state index is 0.0408. The fraction of sp³-hybridized carbons (Fsp3) is 0.348. The number of rotatable bonds is 8. The summed E-state index contributed by atoms with van der Waals surface area (Å²) in [5.41, 5.74) is 4.01. The second kappa shape index (κ2) is 10.9. The Kier molecular flexibility index (Phi) is 8.24. The Balaban J connectivity index is 2.26. The van der Waals surface area contributed by atoms with Crippen molar-refractivity contribution in [3.05, 3.63) is 59.2 Å². The summed E-state index contributed by atoms with van der Waals surface area (Å²) >= 11 is 0. The molecule has 7 nitrogen and oxygen atoms in total. The number of hydrogen-bond acceptors (Lipinski definition) is 5. The topological polar surface area (TPSA) is 103 Å². The zero-order valence-corrected chi connectivity index (χ0v) is 17.8. The summed E-state index contributed by atoms with van der Waals surface area (Å²) in [6, 6.07) is 14.4. The highest BCUT2D eigenvalue weighted by atomic mass is 16.5. The Labute approximate surface area is 177 Å². The van der Waals surface area contributed by atoms with Gasteiger partial charge in [-0.05, 0) is 61.7 Å². The molecule has 2 aromatic rings. The van der Waals surface area contributed by atoms with E-state index in [9.17, 15) is 9.59 Å². The summed E-state index contributed by atoms with van der Waals surface area (Å²) in [5, 5.41) is 18.0. The molecule has 0 aliphatic carbocycles. The summed E-state index contributed by atoms with van der Waals surface area (Å²) in [4.78, 5) is 23.4. The van der Waals surface area contributed by atoms with E-state index in [0.29, 0.717) is 5.56 Å². The molecule has 3 N–H and O–H groups in total. The van der Waals surface area contributed by atoms with Gasteiger partial charge < -0.3 is 20.7 Å². The average Bonchev–Trinajstić information content (AvgIpc) is 2.71. The lowest BCUT2D eigenvalue weighted by atomic mass is 10.0. The summed E-state index contributed by atoms with van der Waals surface area (Å²) in [5.74, 6) is -0.360. The highest BCUT2D eigenvalue weighted by molar-refractivity contribution is 5.90. The van der Waals surface area contributed by atoms with Crippen LogP contribution in [0, 0.1) is 11.3 Å². The van der Waals surface area contributed by atoms with E-state index in [1.807, 2.05) is 51.1 Å². The molecule has 158 valence electrons. The van der Waals surface area contributed by atoms with Gasteiger partial charge in [-0.15, -0.1) is 0 Å². The van der Waals surface area contributed by atoms with Gasteiger partial charge in [0.1, 0.15) is 6.61 Å². The SMILES string of the molecule is CCc1cc(C(COC(C)=O)Nc2ccc(C#N)cc2)ccc1NC(=O)NC(C)C. The number of esters is 1. The zero-order chi connectivity index (χ0) is 22.1. The molecule has 0 bridgehead atoms. The lowest BCUT2D eigenvalue weighted by Crippen LogP contribution is -2.34. The maximum atomic E-state index is 12.1. The molecular formula is C23H28N4O3. The van der Waals surface area contributed by atoms with Crippen molar-refractivity contribution in [2.24, 2.45) is 0 Å². The average molecular weight is 409 g/mol. The third-order valence-corrected chi connectivity index (χ3v) is 4.39. The molecule has 30 heavy (non-hydrogen) atoms. The number of nitrogens with one attached hydrogen (secondary N) is 3. The molecule has 1 unspecified atom stereocenters. The number of nitrogens with zero attached hydrogens (tertiary/aromatic N) is 1. The van der Waals surface area contributed by atoms with Crippen LogP contribution in [0.4, 0.5) is 16.2 Å². The second-order valence-electron chi connectivity index (χ2n) is 7.21. The van der Waals surface area contributed by atoms with Crippen LogP contribution in [-0.2, 0) is 16.0 Å². The van der Waals surface area contributed by atoms with Crippen LogP contribution in [0.2, 0.25) is 0 Å². The van der Waals surface area contributed by atoms with Crippen LogP contribution >= 0.6 is 0 Å². The number of urea groups is 1. The zero-order valence-electron chi connectivity index (χ0n) is 17.8. The predicted molar refractivity (Wildman–Crippen MR) is 117 cm³/mol. The summed E-state index contributed by atoms with van der Waals surface area (Å²) in [6.07, 6.45) is 0.724. The van der Waals surface area contributed by atoms with E-state index < -0.39 is 0 Å². The molecule has 0 fully saturated rings. The first-order chi connectivity index (χ1) is 14.3. The van der Waals surface area contributed by atoms with E-state index in [2.05, 4.69) is 22.0 Å². The quantitative estimate of drug-likeness (QED) is 0.563. The van der Waals surface area contributed by atoms with Gasteiger partial charge in [0, 0.05) is 24.3 Å². The Bertz CT molecular complexity index is 917. The first-order valence-electron chi connectivity index (χ1n) is 9.92. The molecule has 0 saturated heterocycles. The predicted octanol–water partition coefficient (Wildman–Crippen LogP) is 4.37. The van der Waals surface area contributed by atoms with Gasteiger partial charge in [0.25, 0.3) is 0 Å². The van der Waals surface area contributed by atoms with Crippen molar-refractivity contribution < 1.29 is 14.3 Å². The molecule has 0 saturated carbocycles. The Hall–Kier alpha value is -3.53. The Morgan fingerprint density at radius 3 is 2.40 bits per heavy atom. The standard InChI is InChI=1S/C23H28N4O3/c1-5-18-12-19(8-11-21(18)27-23(29)25-15(2)3)22(14-30-16(4)28)26-20-9-6-17(13-24)7-10-20/h6-12,15,22,26H,5,14H2,1-4H3,(H2,25,27,29). The van der Waals surface area contributed by atoms with Crippen LogP contribution < -0.4 is 16.0 Å². The van der Waals surface area contributed by atoms with E-state index in [-0.39, 0.29) is 30.7 Å². The highest BCUT2D eigenvalue weighted by Gasteiger charge is 2.16. The first-order valence-corrected chi connectivity index (χ1v) is 9.92. The van der Waals surface area contributed by atoms with Crippen LogP contribution in [0.3, 0.4) is 0 Å². The van der Waals surface area contributed by atoms with Gasteiger partial charge in [-0.3, -0.25) is 4.79 Å². The van der Waals surface area contributed by atoms with Crippen LogP contribution in [0.5, 0.6) is 0 Å². The van der Waals surface area contributed by atoms with Gasteiger partial charge in [-0.2, -0.15) is 5.26 Å². The van der Waals surface area contributed by atoms with E-state index in [0.717, 1.165) is 28.9 Å². The molecule has 1 atom stereocenters. The van der Waals surface area contributed by atoms with Gasteiger partial charge in [-0.25, -0.2) is 4.79 Å². The normalized spacial score (nSPS) is 11.3. The van der Waals surface area contributed by atoms with E-state index in [1.54, 1.807) is 12.1 Å². The molecule has 0 heterocycles. The van der Waals surface area contributed by atoms with Crippen LogP contribution in [0.1, 0.15) is 50.4 Å². The third kappa shape index (κ3) is 6.82. The van der Waals surface area contributed by atoms with Crippen molar-refractivity contribution in [3.8, 4) is 6.07 Å². The molecule has 0 aromatic heterocycles. The van der Waals surface area contributed by atoms with Crippen LogP contribution in [-0.4, -0.2) is 24.6 Å². The molecule has 0 aliphatic heterocycles. The fourth-order valence-corrected chi connectivity index (χ4v) is 2.93. The smallest absolute Gasteiger partial charge is 0.319 e. The number of benzene rings is 2. The van der Waals surface area contributed by atoms with Crippen molar-refractivity contribution in [3.63, 3.8) is 0 Å². The van der Waals surface area contributed by atoms with Crippen molar-refractivity contribution >= 4 is 23.4 Å². The lowest BCUT2D eigenvalue weighted by Gasteiger charge is -2.22. The Morgan fingerprint density at radius 1 is 1.13 bits per heavy atom. The van der Waals surface area contributed by atoms with Gasteiger partial charge in [0.15, 0.2) is 0 Å². The molecule has 0 aliphatic rings. The monoisotopic (exact) mass is 408 g/mol. The van der Waals surface area contributed by atoms with Gasteiger partial charge in [0.2, 0.25) is 0 Å². The van der Waals surface area contributed by atoms with E-state index >= 15 is 0 Å². The van der Waals surface area contributed by atoms with E-state index in [4.69, 9.17) is 10.00 Å². The van der Waals surface area contributed by atoms with Crippen LogP contribution in [0.25, 0.3) is 0 Å². The first kappa shape index (κ1) is 22.8. The number of carbonyl (C=O) groups is 2. The van der Waals surface area contributed by atoms with Gasteiger partial charge in [-0.1, -0.05) is 19.1 Å². The lowest BCUT2D eigenvalue weighted by molar-refractivity contribution is -0.141. The minimum Gasteiger partial charge on any atom is -0.463 e. The summed E-state index contributed by atoms with van der Waals surface area (Å²) < 4.78 is 5.25. The number of hydrogen-bond donors (Lipinski definition) is 3. The van der Waals surface area contributed by atoms with Crippen molar-refractivity contribution in [2.75, 3.05) is 17.2 Å². The largest absolute Gasteiger partial charge is 0.463 e. The molecule has 0 radical (unpaired) electrons. The Morgan fingerprint density at radius 2 is 1.83 bits per heavy atom. The molecule has 2 aromatic carbocycles. The van der Waals surface area contributed by atoms with Crippen molar-refractivity contribution in [1.29, 1.82) is 5.26 Å². The van der Waals surface area contributed by atoms with Crippen LogP contribution in [0.15, 0.2) is 42.5 Å². The number of aryl methyl sites for hydroxylation is 1. The number of anilines is 2. The number of amides is 2. The minimum atomic E-state index is -0.360. The number of ether oxygens (including phenoxy) is 1. The molecule has 7 heteroatoms. The van der Waals surface area contributed by atoms with Gasteiger partial charge >= 0.3 is 12.0 Å².